The van der Waals surface area contributed by atoms with Crippen molar-refractivity contribution in [1.29, 1.82) is 0 Å². The van der Waals surface area contributed by atoms with Crippen molar-refractivity contribution >= 4 is 5.65 Å². The number of fused-ring (bicyclic) bond motifs is 1. The Morgan fingerprint density at radius 2 is 2.05 bits per heavy atom. The second kappa shape index (κ2) is 6.43. The van der Waals surface area contributed by atoms with E-state index < -0.39 is 0 Å². The van der Waals surface area contributed by atoms with Crippen LogP contribution in [0.25, 0.3) is 5.65 Å². The van der Waals surface area contributed by atoms with Gasteiger partial charge in [-0.05, 0) is 6.07 Å². The van der Waals surface area contributed by atoms with Gasteiger partial charge in [-0.2, -0.15) is 0 Å². The van der Waals surface area contributed by atoms with Crippen LogP contribution in [0.2, 0.25) is 0 Å². The molecule has 2 N–H and O–H groups in total. The Kier molecular flexibility index (Phi) is 4.37. The van der Waals surface area contributed by atoms with E-state index in [2.05, 4.69) is 9.88 Å². The summed E-state index contributed by atoms with van der Waals surface area (Å²) in [6.07, 6.45) is 3.30. The molecule has 0 atom stereocenters. The minimum Gasteiger partial charge on any atom is -0.504 e. The molecule has 118 valence electrons. The van der Waals surface area contributed by atoms with Gasteiger partial charge in [0.25, 0.3) is 5.56 Å². The van der Waals surface area contributed by atoms with Gasteiger partial charge in [-0.25, -0.2) is 4.98 Å². The maximum absolute atomic E-state index is 12.2. The van der Waals surface area contributed by atoms with Crippen molar-refractivity contribution in [2.45, 2.75) is 13.0 Å². The molecule has 0 spiro atoms. The standard InChI is InChI=1S/C15H19N3O4/c19-6-2-11-9-16-14-13(20)12(1-3-18(14)15(11)21)10-17-4-7-22-8-5-17/h1,3,9,19-20H,2,4-8,10H2. The molecule has 0 bridgehead atoms. The molecule has 3 rings (SSSR count). The third-order valence-electron chi connectivity index (χ3n) is 3.88. The predicted molar refractivity (Wildman–Crippen MR) is 80.0 cm³/mol. The van der Waals surface area contributed by atoms with Crippen LogP contribution in [0.4, 0.5) is 0 Å². The zero-order chi connectivity index (χ0) is 15.5. The van der Waals surface area contributed by atoms with Crippen LogP contribution in [0.1, 0.15) is 11.1 Å². The first-order valence-electron chi connectivity index (χ1n) is 7.33. The largest absolute Gasteiger partial charge is 0.504 e. The van der Waals surface area contributed by atoms with Gasteiger partial charge in [0.2, 0.25) is 0 Å². The molecule has 22 heavy (non-hydrogen) atoms. The van der Waals surface area contributed by atoms with Crippen molar-refractivity contribution in [1.82, 2.24) is 14.3 Å². The smallest absolute Gasteiger partial charge is 0.261 e. The summed E-state index contributed by atoms with van der Waals surface area (Å²) in [6, 6.07) is 1.74. The van der Waals surface area contributed by atoms with Gasteiger partial charge in [-0.3, -0.25) is 14.1 Å². The van der Waals surface area contributed by atoms with Crippen LogP contribution in [-0.4, -0.2) is 57.4 Å². The van der Waals surface area contributed by atoms with E-state index in [1.165, 1.54) is 10.6 Å². The summed E-state index contributed by atoms with van der Waals surface area (Å²) in [6.45, 7) is 3.51. The Morgan fingerprint density at radius 3 is 2.77 bits per heavy atom. The average Bonchev–Trinajstić information content (AvgIpc) is 2.54. The van der Waals surface area contributed by atoms with Crippen LogP contribution in [0.3, 0.4) is 0 Å². The van der Waals surface area contributed by atoms with Gasteiger partial charge in [-0.15, -0.1) is 0 Å². The van der Waals surface area contributed by atoms with Crippen LogP contribution in [0.15, 0.2) is 23.3 Å². The van der Waals surface area contributed by atoms with Gasteiger partial charge < -0.3 is 14.9 Å². The topological polar surface area (TPSA) is 87.3 Å². The van der Waals surface area contributed by atoms with Crippen LogP contribution in [-0.2, 0) is 17.7 Å². The van der Waals surface area contributed by atoms with E-state index in [1.807, 2.05) is 0 Å². The molecular formula is C15H19N3O4. The van der Waals surface area contributed by atoms with Crippen LogP contribution < -0.4 is 5.56 Å². The van der Waals surface area contributed by atoms with Crippen molar-refractivity contribution in [3.63, 3.8) is 0 Å². The fourth-order valence-corrected chi connectivity index (χ4v) is 2.63. The van der Waals surface area contributed by atoms with Gasteiger partial charge in [0.15, 0.2) is 11.4 Å². The van der Waals surface area contributed by atoms with Gasteiger partial charge in [-0.1, -0.05) is 0 Å². The molecule has 0 aromatic carbocycles. The summed E-state index contributed by atoms with van der Waals surface area (Å²) in [5.74, 6) is 0.0293. The molecule has 0 saturated carbocycles. The van der Waals surface area contributed by atoms with E-state index in [-0.39, 0.29) is 30.0 Å². The number of pyridine rings is 1. The van der Waals surface area contributed by atoms with E-state index in [9.17, 15) is 9.90 Å². The lowest BCUT2D eigenvalue weighted by Gasteiger charge is -2.26. The summed E-state index contributed by atoms with van der Waals surface area (Å²) >= 11 is 0. The lowest BCUT2D eigenvalue weighted by atomic mass is 10.2. The number of ether oxygens (including phenoxy) is 1. The minimum absolute atomic E-state index is 0.0293. The first kappa shape index (κ1) is 15.0. The molecule has 1 aliphatic heterocycles. The lowest BCUT2D eigenvalue weighted by molar-refractivity contribution is 0.0339. The van der Waals surface area contributed by atoms with Crippen molar-refractivity contribution in [3.05, 3.63) is 39.9 Å². The van der Waals surface area contributed by atoms with Crippen molar-refractivity contribution in [3.8, 4) is 5.75 Å². The number of aliphatic hydroxyl groups excluding tert-OH is 1. The minimum atomic E-state index is -0.257. The Bertz CT molecular complexity index is 723. The molecule has 7 heteroatoms. The molecular weight excluding hydrogens is 286 g/mol. The Balaban J connectivity index is 1.95. The number of nitrogens with zero attached hydrogens (tertiary/aromatic N) is 3. The van der Waals surface area contributed by atoms with E-state index >= 15 is 0 Å². The highest BCUT2D eigenvalue weighted by Gasteiger charge is 2.16. The number of hydrogen-bond acceptors (Lipinski definition) is 6. The normalized spacial score (nSPS) is 16.2. The molecule has 7 nitrogen and oxygen atoms in total. The number of rotatable bonds is 4. The molecule has 0 radical (unpaired) electrons. The zero-order valence-corrected chi connectivity index (χ0v) is 12.2. The van der Waals surface area contributed by atoms with E-state index in [1.54, 1.807) is 12.3 Å². The van der Waals surface area contributed by atoms with Gasteiger partial charge in [0.1, 0.15) is 0 Å². The van der Waals surface area contributed by atoms with E-state index in [0.717, 1.165) is 18.7 Å². The molecule has 0 unspecified atom stereocenters. The van der Waals surface area contributed by atoms with Crippen molar-refractivity contribution in [2.75, 3.05) is 32.9 Å². The summed E-state index contributed by atoms with van der Waals surface area (Å²) in [4.78, 5) is 18.6. The molecule has 2 aromatic heterocycles. The SMILES string of the molecule is O=c1c(CCO)cnc2c(O)c(CN3CCOCC3)ccn12. The Labute approximate surface area is 127 Å². The number of aromatic hydroxyl groups is 1. The zero-order valence-electron chi connectivity index (χ0n) is 12.2. The molecule has 1 fully saturated rings. The average molecular weight is 305 g/mol. The predicted octanol–water partition coefficient (Wildman–Crippen LogP) is -0.233. The number of morpholine rings is 1. The third kappa shape index (κ3) is 2.83. The highest BCUT2D eigenvalue weighted by atomic mass is 16.5. The van der Waals surface area contributed by atoms with Crippen molar-refractivity contribution < 1.29 is 14.9 Å². The monoisotopic (exact) mass is 305 g/mol. The summed E-state index contributed by atoms with van der Waals surface area (Å²) in [5, 5.41) is 19.4. The molecule has 1 saturated heterocycles. The molecule has 2 aromatic rings. The maximum atomic E-state index is 12.2. The number of aromatic nitrogens is 2. The summed E-state index contributed by atoms with van der Waals surface area (Å²) < 4.78 is 6.63. The third-order valence-corrected chi connectivity index (χ3v) is 3.88. The lowest BCUT2D eigenvalue weighted by Crippen LogP contribution is -2.35. The maximum Gasteiger partial charge on any atom is 0.261 e. The second-order valence-corrected chi connectivity index (χ2v) is 5.33. The van der Waals surface area contributed by atoms with Gasteiger partial charge in [0.05, 0.1) is 13.2 Å². The molecule has 0 aliphatic carbocycles. The van der Waals surface area contributed by atoms with E-state index in [0.29, 0.717) is 25.3 Å². The van der Waals surface area contributed by atoms with Crippen LogP contribution in [0.5, 0.6) is 5.75 Å². The quantitative estimate of drug-likeness (QED) is 0.811. The molecule has 1 aliphatic rings. The molecule has 3 heterocycles. The second-order valence-electron chi connectivity index (χ2n) is 5.33. The first-order valence-corrected chi connectivity index (χ1v) is 7.33. The Hall–Kier alpha value is -1.96. The number of aliphatic hydroxyl groups is 1. The van der Waals surface area contributed by atoms with Crippen LogP contribution >= 0.6 is 0 Å². The first-order chi connectivity index (χ1) is 10.7. The van der Waals surface area contributed by atoms with Gasteiger partial charge in [0, 0.05) is 56.2 Å². The highest BCUT2D eigenvalue weighted by molar-refractivity contribution is 5.56. The summed E-state index contributed by atoms with van der Waals surface area (Å²) in [7, 11) is 0. The highest BCUT2D eigenvalue weighted by Crippen LogP contribution is 2.22. The fourth-order valence-electron chi connectivity index (χ4n) is 2.63. The van der Waals surface area contributed by atoms with E-state index in [4.69, 9.17) is 9.84 Å². The van der Waals surface area contributed by atoms with Crippen molar-refractivity contribution in [2.24, 2.45) is 0 Å². The number of hydrogen-bond donors (Lipinski definition) is 2. The van der Waals surface area contributed by atoms with Crippen LogP contribution in [0, 0.1) is 0 Å². The fraction of sp³-hybridized carbons (Fsp3) is 0.467. The summed E-state index contributed by atoms with van der Waals surface area (Å²) in [5.41, 5.74) is 1.16. The van der Waals surface area contributed by atoms with Gasteiger partial charge >= 0.3 is 0 Å². The molecule has 0 amide bonds. The Morgan fingerprint density at radius 1 is 1.27 bits per heavy atom.